The Hall–Kier alpha value is -1.31. The Kier molecular flexibility index (Phi) is 5.27. The third kappa shape index (κ3) is 3.93. The second kappa shape index (κ2) is 7.13. The van der Waals surface area contributed by atoms with Crippen LogP contribution in [-0.2, 0) is 20.3 Å². The lowest BCUT2D eigenvalue weighted by molar-refractivity contribution is -0.0612. The number of hydrogen-bond acceptors (Lipinski definition) is 6. The van der Waals surface area contributed by atoms with Gasteiger partial charge in [-0.3, -0.25) is 4.90 Å². The number of hydrogen-bond donors (Lipinski definition) is 0. The van der Waals surface area contributed by atoms with E-state index in [4.69, 9.17) is 13.7 Å². The minimum atomic E-state index is -3.55. The fourth-order valence-electron chi connectivity index (χ4n) is 3.42. The number of morpholine rings is 1. The standard InChI is InChI=1S/C18H27NO5S/c1-4-5-12-25(20,21)24-14-6-7-16-15(13-14)18(2,3)17(23-16)19-8-10-22-11-9-19/h6-7,13,17H,4-5,8-12H2,1-3H3. The van der Waals surface area contributed by atoms with E-state index in [0.717, 1.165) is 30.8 Å². The Labute approximate surface area is 150 Å². The summed E-state index contributed by atoms with van der Waals surface area (Å²) in [5.41, 5.74) is 0.714. The molecule has 0 N–H and O–H groups in total. The molecule has 0 aromatic heterocycles. The van der Waals surface area contributed by atoms with Gasteiger partial charge in [0.15, 0.2) is 6.23 Å². The van der Waals surface area contributed by atoms with Gasteiger partial charge in [-0.2, -0.15) is 8.42 Å². The first-order valence-corrected chi connectivity index (χ1v) is 10.5. The molecule has 0 bridgehead atoms. The van der Waals surface area contributed by atoms with Gasteiger partial charge < -0.3 is 13.7 Å². The van der Waals surface area contributed by atoms with Crippen molar-refractivity contribution in [3.05, 3.63) is 23.8 Å². The quantitative estimate of drug-likeness (QED) is 0.718. The van der Waals surface area contributed by atoms with E-state index in [2.05, 4.69) is 18.7 Å². The maximum Gasteiger partial charge on any atom is 0.309 e. The molecule has 2 aliphatic rings. The number of benzene rings is 1. The Bertz CT molecular complexity index is 710. The van der Waals surface area contributed by atoms with Crippen LogP contribution in [-0.4, -0.2) is 51.6 Å². The maximum atomic E-state index is 12.1. The second-order valence-electron chi connectivity index (χ2n) is 7.20. The van der Waals surface area contributed by atoms with Gasteiger partial charge in [0, 0.05) is 24.1 Å². The third-order valence-corrected chi connectivity index (χ3v) is 6.08. The van der Waals surface area contributed by atoms with Crippen LogP contribution in [0.25, 0.3) is 0 Å². The van der Waals surface area contributed by atoms with E-state index in [1.807, 2.05) is 13.0 Å². The van der Waals surface area contributed by atoms with Gasteiger partial charge >= 0.3 is 10.1 Å². The van der Waals surface area contributed by atoms with E-state index in [0.29, 0.717) is 25.4 Å². The summed E-state index contributed by atoms with van der Waals surface area (Å²) < 4.78 is 41.0. The van der Waals surface area contributed by atoms with Crippen LogP contribution in [0.15, 0.2) is 18.2 Å². The van der Waals surface area contributed by atoms with Crippen molar-refractivity contribution in [2.75, 3.05) is 32.1 Å². The van der Waals surface area contributed by atoms with Gasteiger partial charge in [0.2, 0.25) is 0 Å². The van der Waals surface area contributed by atoms with Gasteiger partial charge in [0.05, 0.1) is 19.0 Å². The van der Waals surface area contributed by atoms with E-state index >= 15 is 0 Å². The maximum absolute atomic E-state index is 12.1. The lowest BCUT2D eigenvalue weighted by Gasteiger charge is -2.38. The van der Waals surface area contributed by atoms with Crippen LogP contribution < -0.4 is 8.92 Å². The van der Waals surface area contributed by atoms with E-state index in [1.54, 1.807) is 12.1 Å². The predicted molar refractivity (Wildman–Crippen MR) is 95.6 cm³/mol. The first-order chi connectivity index (χ1) is 11.8. The molecule has 2 heterocycles. The monoisotopic (exact) mass is 369 g/mol. The molecule has 25 heavy (non-hydrogen) atoms. The fraction of sp³-hybridized carbons (Fsp3) is 0.667. The molecule has 2 aliphatic heterocycles. The number of nitrogens with zero attached hydrogens (tertiary/aromatic N) is 1. The molecule has 0 amide bonds. The Morgan fingerprint density at radius 3 is 2.68 bits per heavy atom. The second-order valence-corrected chi connectivity index (χ2v) is 8.89. The van der Waals surface area contributed by atoms with Crippen LogP contribution in [0, 0.1) is 0 Å². The topological polar surface area (TPSA) is 65.1 Å². The molecule has 1 fully saturated rings. The summed E-state index contributed by atoms with van der Waals surface area (Å²) in [6, 6.07) is 5.28. The van der Waals surface area contributed by atoms with E-state index in [9.17, 15) is 8.42 Å². The van der Waals surface area contributed by atoms with Crippen LogP contribution in [0.4, 0.5) is 0 Å². The highest BCUT2D eigenvalue weighted by atomic mass is 32.2. The molecule has 3 rings (SSSR count). The molecule has 1 aromatic carbocycles. The van der Waals surface area contributed by atoms with Gasteiger partial charge in [-0.15, -0.1) is 0 Å². The Morgan fingerprint density at radius 1 is 1.28 bits per heavy atom. The summed E-state index contributed by atoms with van der Waals surface area (Å²) >= 11 is 0. The van der Waals surface area contributed by atoms with Crippen LogP contribution in [0.2, 0.25) is 0 Å². The molecule has 1 atom stereocenters. The molecule has 1 saturated heterocycles. The summed E-state index contributed by atoms with van der Waals surface area (Å²) in [4.78, 5) is 2.28. The van der Waals surface area contributed by atoms with Crippen LogP contribution in [0.3, 0.4) is 0 Å². The van der Waals surface area contributed by atoms with E-state index < -0.39 is 10.1 Å². The fourth-order valence-corrected chi connectivity index (χ4v) is 4.54. The van der Waals surface area contributed by atoms with Crippen LogP contribution in [0.5, 0.6) is 11.5 Å². The summed E-state index contributed by atoms with van der Waals surface area (Å²) in [6.07, 6.45) is 1.33. The molecule has 1 unspecified atom stereocenters. The van der Waals surface area contributed by atoms with Crippen molar-refractivity contribution in [3.8, 4) is 11.5 Å². The van der Waals surface area contributed by atoms with Gasteiger partial charge in [-0.1, -0.05) is 27.2 Å². The number of fused-ring (bicyclic) bond motifs is 1. The molecule has 0 aliphatic carbocycles. The van der Waals surface area contributed by atoms with Crippen molar-refractivity contribution in [2.24, 2.45) is 0 Å². The first-order valence-electron chi connectivity index (χ1n) is 8.88. The lowest BCUT2D eigenvalue weighted by atomic mass is 9.83. The zero-order chi connectivity index (χ0) is 18.1. The number of unbranched alkanes of at least 4 members (excludes halogenated alkanes) is 1. The van der Waals surface area contributed by atoms with Crippen molar-refractivity contribution in [1.29, 1.82) is 0 Å². The van der Waals surface area contributed by atoms with Crippen molar-refractivity contribution >= 4 is 10.1 Å². The van der Waals surface area contributed by atoms with Gasteiger partial charge in [0.1, 0.15) is 11.5 Å². The summed E-state index contributed by atoms with van der Waals surface area (Å²) in [6.45, 7) is 9.26. The predicted octanol–water partition coefficient (Wildman–Crippen LogP) is 2.52. The summed E-state index contributed by atoms with van der Waals surface area (Å²) in [7, 11) is -3.55. The molecule has 1 aromatic rings. The Morgan fingerprint density at radius 2 is 2.00 bits per heavy atom. The van der Waals surface area contributed by atoms with E-state index in [-0.39, 0.29) is 17.4 Å². The first kappa shape index (κ1) is 18.5. The number of rotatable bonds is 6. The highest BCUT2D eigenvalue weighted by Crippen LogP contribution is 2.45. The largest absolute Gasteiger partial charge is 0.474 e. The summed E-state index contributed by atoms with van der Waals surface area (Å²) in [5, 5.41) is 0. The van der Waals surface area contributed by atoms with Crippen molar-refractivity contribution < 1.29 is 22.1 Å². The molecular weight excluding hydrogens is 342 g/mol. The Balaban J connectivity index is 1.80. The molecule has 0 spiro atoms. The normalized spacial score (nSPS) is 23.1. The molecule has 140 valence electrons. The van der Waals surface area contributed by atoms with Crippen molar-refractivity contribution in [2.45, 2.75) is 45.3 Å². The van der Waals surface area contributed by atoms with Crippen LogP contribution in [0.1, 0.15) is 39.2 Å². The van der Waals surface area contributed by atoms with Crippen molar-refractivity contribution in [1.82, 2.24) is 4.90 Å². The average Bonchev–Trinajstić information content (AvgIpc) is 2.84. The van der Waals surface area contributed by atoms with Crippen molar-refractivity contribution in [3.63, 3.8) is 0 Å². The summed E-state index contributed by atoms with van der Waals surface area (Å²) in [5.74, 6) is 1.19. The highest BCUT2D eigenvalue weighted by Gasteiger charge is 2.45. The van der Waals surface area contributed by atoms with Gasteiger partial charge in [-0.05, 0) is 24.6 Å². The minimum Gasteiger partial charge on any atom is -0.474 e. The zero-order valence-electron chi connectivity index (χ0n) is 15.2. The van der Waals surface area contributed by atoms with E-state index in [1.165, 1.54) is 0 Å². The molecule has 0 saturated carbocycles. The number of ether oxygens (including phenoxy) is 2. The molecule has 0 radical (unpaired) electrons. The zero-order valence-corrected chi connectivity index (χ0v) is 16.0. The SMILES string of the molecule is CCCCS(=O)(=O)Oc1ccc2c(c1)C(C)(C)C(N1CCOCC1)O2. The van der Waals surface area contributed by atoms with Crippen LogP contribution >= 0.6 is 0 Å². The third-order valence-electron chi connectivity index (χ3n) is 4.85. The molecule has 6 nitrogen and oxygen atoms in total. The van der Waals surface area contributed by atoms with Gasteiger partial charge in [0.25, 0.3) is 0 Å². The molecular formula is C18H27NO5S. The smallest absolute Gasteiger partial charge is 0.309 e. The van der Waals surface area contributed by atoms with Gasteiger partial charge in [-0.25, -0.2) is 0 Å². The molecule has 7 heteroatoms. The lowest BCUT2D eigenvalue weighted by Crippen LogP contribution is -2.52. The average molecular weight is 369 g/mol. The minimum absolute atomic E-state index is 0.0386. The highest BCUT2D eigenvalue weighted by molar-refractivity contribution is 7.87.